The molecule has 0 spiro atoms. The number of nitro groups is 1. The lowest BCUT2D eigenvalue weighted by atomic mass is 10.2. The summed E-state index contributed by atoms with van der Waals surface area (Å²) in [7, 11) is 0. The van der Waals surface area contributed by atoms with Crippen molar-refractivity contribution in [2.24, 2.45) is 0 Å². The van der Waals surface area contributed by atoms with Crippen molar-refractivity contribution < 1.29 is 19.6 Å². The maximum Gasteiger partial charge on any atom is 0.337 e. The predicted molar refractivity (Wildman–Crippen MR) is 62.8 cm³/mol. The molecule has 1 heterocycles. The van der Waals surface area contributed by atoms with Crippen LogP contribution in [0.4, 0.5) is 5.69 Å². The smallest absolute Gasteiger partial charge is 0.337 e. The van der Waals surface area contributed by atoms with Crippen LogP contribution in [0.1, 0.15) is 37.0 Å². The van der Waals surface area contributed by atoms with Gasteiger partial charge in [0.15, 0.2) is 0 Å². The molecule has 7 heteroatoms. The van der Waals surface area contributed by atoms with E-state index in [0.717, 1.165) is 25.1 Å². The number of carboxylic acid groups (broad SMARTS) is 1. The molecule has 1 N–H and O–H groups in total. The highest BCUT2D eigenvalue weighted by molar-refractivity contribution is 5.88. The number of ether oxygens (including phenoxy) is 1. The summed E-state index contributed by atoms with van der Waals surface area (Å²) in [4.78, 5) is 24.5. The van der Waals surface area contributed by atoms with Gasteiger partial charge in [-0.2, -0.15) is 0 Å². The third kappa shape index (κ3) is 3.41. The van der Waals surface area contributed by atoms with Crippen molar-refractivity contribution >= 4 is 11.7 Å². The van der Waals surface area contributed by atoms with Gasteiger partial charge >= 0.3 is 11.7 Å². The second-order valence-electron chi connectivity index (χ2n) is 3.83. The molecule has 0 aromatic carbocycles. The van der Waals surface area contributed by atoms with Crippen molar-refractivity contribution in [3.63, 3.8) is 0 Å². The molecule has 1 aromatic heterocycles. The first-order valence-corrected chi connectivity index (χ1v) is 5.50. The number of aromatic nitrogens is 1. The highest BCUT2D eigenvalue weighted by atomic mass is 16.6. The van der Waals surface area contributed by atoms with E-state index < -0.39 is 16.6 Å². The first-order chi connectivity index (χ1) is 8.45. The maximum absolute atomic E-state index is 10.8. The van der Waals surface area contributed by atoms with E-state index in [1.54, 1.807) is 6.92 Å². The zero-order valence-electron chi connectivity index (χ0n) is 10.1. The van der Waals surface area contributed by atoms with E-state index in [0.29, 0.717) is 0 Å². The SMILES string of the molecule is CCCC(C)Oc1ncc(C(=O)O)cc1[N+](=O)[O-]. The molecule has 1 rings (SSSR count). The van der Waals surface area contributed by atoms with Crippen LogP contribution in [-0.2, 0) is 0 Å². The summed E-state index contributed by atoms with van der Waals surface area (Å²) < 4.78 is 5.34. The lowest BCUT2D eigenvalue weighted by molar-refractivity contribution is -0.386. The van der Waals surface area contributed by atoms with Crippen LogP contribution in [0.2, 0.25) is 0 Å². The summed E-state index contributed by atoms with van der Waals surface area (Å²) >= 11 is 0. The Morgan fingerprint density at radius 2 is 2.33 bits per heavy atom. The molecule has 0 amide bonds. The molecule has 1 aromatic rings. The molecule has 18 heavy (non-hydrogen) atoms. The number of aromatic carboxylic acids is 1. The molecule has 0 aliphatic rings. The maximum atomic E-state index is 10.8. The molecule has 0 radical (unpaired) electrons. The minimum atomic E-state index is -1.27. The number of hydrogen-bond donors (Lipinski definition) is 1. The Balaban J connectivity index is 3.04. The molecule has 0 aliphatic carbocycles. The highest BCUT2D eigenvalue weighted by Gasteiger charge is 2.21. The zero-order chi connectivity index (χ0) is 13.7. The first kappa shape index (κ1) is 13.9. The fourth-order valence-corrected chi connectivity index (χ4v) is 1.44. The average molecular weight is 254 g/mol. The monoisotopic (exact) mass is 254 g/mol. The van der Waals surface area contributed by atoms with Crippen LogP contribution < -0.4 is 4.74 Å². The van der Waals surface area contributed by atoms with Gasteiger partial charge in [-0.05, 0) is 13.3 Å². The van der Waals surface area contributed by atoms with Crippen LogP contribution in [0.25, 0.3) is 0 Å². The van der Waals surface area contributed by atoms with Crippen molar-refractivity contribution in [3.05, 3.63) is 27.9 Å². The van der Waals surface area contributed by atoms with Crippen LogP contribution in [0.5, 0.6) is 5.88 Å². The molecule has 98 valence electrons. The second-order valence-corrected chi connectivity index (χ2v) is 3.83. The summed E-state index contributed by atoms with van der Waals surface area (Å²) in [6, 6.07) is 0.948. The van der Waals surface area contributed by atoms with Crippen LogP contribution in [-0.4, -0.2) is 27.1 Å². The Kier molecular flexibility index (Phi) is 4.59. The van der Waals surface area contributed by atoms with Gasteiger partial charge in [0.05, 0.1) is 16.6 Å². The topological polar surface area (TPSA) is 103 Å². The van der Waals surface area contributed by atoms with Gasteiger partial charge in [0.1, 0.15) is 0 Å². The molecule has 0 saturated heterocycles. The van der Waals surface area contributed by atoms with Gasteiger partial charge in [-0.1, -0.05) is 13.3 Å². The van der Waals surface area contributed by atoms with Crippen LogP contribution >= 0.6 is 0 Å². The standard InChI is InChI=1S/C11H14N2O5/c1-3-4-7(2)18-10-9(13(16)17)5-8(6-12-10)11(14)15/h5-7H,3-4H2,1-2H3,(H,14,15). The van der Waals surface area contributed by atoms with Gasteiger partial charge in [-0.25, -0.2) is 9.78 Å². The number of pyridine rings is 1. The summed E-state index contributed by atoms with van der Waals surface area (Å²) in [6.07, 6.45) is 2.45. The molecule has 1 unspecified atom stereocenters. The number of rotatable bonds is 6. The second kappa shape index (κ2) is 5.95. The van der Waals surface area contributed by atoms with E-state index in [-0.39, 0.29) is 17.5 Å². The Hall–Kier alpha value is -2.18. The minimum Gasteiger partial charge on any atom is -0.478 e. The highest BCUT2D eigenvalue weighted by Crippen LogP contribution is 2.26. The van der Waals surface area contributed by atoms with Crippen molar-refractivity contribution in [2.45, 2.75) is 32.8 Å². The summed E-state index contributed by atoms with van der Waals surface area (Å²) in [5, 5.41) is 19.6. The quantitative estimate of drug-likeness (QED) is 0.617. The first-order valence-electron chi connectivity index (χ1n) is 5.50. The van der Waals surface area contributed by atoms with Crippen molar-refractivity contribution in [3.8, 4) is 5.88 Å². The summed E-state index contributed by atoms with van der Waals surface area (Å²) in [6.45, 7) is 3.75. The van der Waals surface area contributed by atoms with Gasteiger partial charge in [0.2, 0.25) is 0 Å². The molecule has 0 bridgehead atoms. The average Bonchev–Trinajstić information content (AvgIpc) is 2.29. The number of hydrogen-bond acceptors (Lipinski definition) is 5. The summed E-state index contributed by atoms with van der Waals surface area (Å²) in [5.41, 5.74) is -0.671. The van der Waals surface area contributed by atoms with E-state index in [2.05, 4.69) is 4.98 Å². The molecular weight excluding hydrogens is 240 g/mol. The van der Waals surface area contributed by atoms with Crippen LogP contribution in [0, 0.1) is 10.1 Å². The van der Waals surface area contributed by atoms with Gasteiger partial charge < -0.3 is 9.84 Å². The number of nitrogens with zero attached hydrogens (tertiary/aromatic N) is 2. The van der Waals surface area contributed by atoms with E-state index in [4.69, 9.17) is 9.84 Å². The predicted octanol–water partition coefficient (Wildman–Crippen LogP) is 2.26. The Morgan fingerprint density at radius 1 is 1.67 bits per heavy atom. The van der Waals surface area contributed by atoms with Crippen LogP contribution in [0.3, 0.4) is 0 Å². The van der Waals surface area contributed by atoms with E-state index in [9.17, 15) is 14.9 Å². The van der Waals surface area contributed by atoms with E-state index in [1.807, 2.05) is 6.92 Å². The Bertz CT molecular complexity index is 461. The number of carboxylic acids is 1. The van der Waals surface area contributed by atoms with Crippen molar-refractivity contribution in [1.29, 1.82) is 0 Å². The third-order valence-electron chi connectivity index (χ3n) is 2.28. The van der Waals surface area contributed by atoms with E-state index >= 15 is 0 Å². The van der Waals surface area contributed by atoms with Crippen molar-refractivity contribution in [1.82, 2.24) is 4.98 Å². The van der Waals surface area contributed by atoms with Crippen molar-refractivity contribution in [2.75, 3.05) is 0 Å². The third-order valence-corrected chi connectivity index (χ3v) is 2.28. The fourth-order valence-electron chi connectivity index (χ4n) is 1.44. The molecule has 0 fully saturated rings. The molecule has 0 aliphatic heterocycles. The Morgan fingerprint density at radius 3 is 2.83 bits per heavy atom. The molecule has 7 nitrogen and oxygen atoms in total. The summed E-state index contributed by atoms with van der Waals surface area (Å²) in [5.74, 6) is -1.41. The van der Waals surface area contributed by atoms with Gasteiger partial charge in [0.25, 0.3) is 5.88 Å². The van der Waals surface area contributed by atoms with Gasteiger partial charge in [-0.3, -0.25) is 10.1 Å². The minimum absolute atomic E-state index is 0.147. The lowest BCUT2D eigenvalue weighted by Gasteiger charge is -2.12. The van der Waals surface area contributed by atoms with Gasteiger partial charge in [-0.15, -0.1) is 0 Å². The molecule has 0 saturated carbocycles. The Labute approximate surface area is 104 Å². The zero-order valence-corrected chi connectivity index (χ0v) is 10.1. The molecule has 1 atom stereocenters. The molecular formula is C11H14N2O5. The van der Waals surface area contributed by atoms with Gasteiger partial charge in [0, 0.05) is 12.3 Å². The number of carbonyl (C=O) groups is 1. The lowest BCUT2D eigenvalue weighted by Crippen LogP contribution is -2.13. The largest absolute Gasteiger partial charge is 0.478 e. The van der Waals surface area contributed by atoms with E-state index in [1.165, 1.54) is 0 Å². The fraction of sp³-hybridized carbons (Fsp3) is 0.455. The normalized spacial score (nSPS) is 11.9. The van der Waals surface area contributed by atoms with Crippen LogP contribution in [0.15, 0.2) is 12.3 Å².